The predicted molar refractivity (Wildman–Crippen MR) is 115 cm³/mol. The van der Waals surface area contributed by atoms with Crippen LogP contribution in [0.2, 0.25) is 0 Å². The zero-order valence-electron chi connectivity index (χ0n) is 18.6. The van der Waals surface area contributed by atoms with E-state index < -0.39 is 6.10 Å². The van der Waals surface area contributed by atoms with E-state index in [0.717, 1.165) is 45.2 Å². The number of nitrogens with zero attached hydrogens (tertiary/aromatic N) is 1. The standard InChI is InChI=1S/C23H38N2O4/c1-16(2)9-11-21-17(3)15-20(19(5)29-21)24-22(26)12-10-18(4)28-23(27)25-13-7-6-8-14-25/h9-10,12,17-21H,6-8,11,13-15H2,1-5H3,(H,24,26)/b12-10-/t17-,18-,19+,20+,21-/m0/s1. The van der Waals surface area contributed by atoms with E-state index in [1.54, 1.807) is 17.9 Å². The quantitative estimate of drug-likeness (QED) is 0.530. The van der Waals surface area contributed by atoms with E-state index in [4.69, 9.17) is 9.47 Å². The van der Waals surface area contributed by atoms with Gasteiger partial charge in [0.05, 0.1) is 18.2 Å². The molecule has 2 heterocycles. The summed E-state index contributed by atoms with van der Waals surface area (Å²) >= 11 is 0. The van der Waals surface area contributed by atoms with Crippen LogP contribution < -0.4 is 5.32 Å². The highest BCUT2D eigenvalue weighted by Gasteiger charge is 2.33. The molecular weight excluding hydrogens is 368 g/mol. The first-order valence-electron chi connectivity index (χ1n) is 11.0. The summed E-state index contributed by atoms with van der Waals surface area (Å²) in [6.45, 7) is 11.7. The van der Waals surface area contributed by atoms with E-state index in [-0.39, 0.29) is 30.3 Å². The van der Waals surface area contributed by atoms with Gasteiger partial charge in [-0.3, -0.25) is 4.79 Å². The number of allylic oxidation sites excluding steroid dienone is 1. The van der Waals surface area contributed by atoms with Gasteiger partial charge >= 0.3 is 6.09 Å². The Morgan fingerprint density at radius 3 is 2.55 bits per heavy atom. The number of carbonyl (C=O) groups is 2. The molecular formula is C23H38N2O4. The summed E-state index contributed by atoms with van der Waals surface area (Å²) in [5.74, 6) is 0.196. The smallest absolute Gasteiger partial charge is 0.410 e. The number of amides is 2. The Bertz CT molecular complexity index is 606. The normalized spacial score (nSPS) is 28.7. The Morgan fingerprint density at radius 2 is 1.90 bits per heavy atom. The van der Waals surface area contributed by atoms with Gasteiger partial charge in [0.2, 0.25) is 5.91 Å². The van der Waals surface area contributed by atoms with Gasteiger partial charge in [-0.25, -0.2) is 4.79 Å². The second-order valence-electron chi connectivity index (χ2n) is 8.72. The summed E-state index contributed by atoms with van der Waals surface area (Å²) in [6.07, 6.45) is 9.73. The number of piperidine rings is 1. The van der Waals surface area contributed by atoms with Crippen molar-refractivity contribution in [3.05, 3.63) is 23.8 Å². The van der Waals surface area contributed by atoms with Crippen LogP contribution in [0.25, 0.3) is 0 Å². The predicted octanol–water partition coefficient (Wildman–Crippen LogP) is 4.21. The lowest BCUT2D eigenvalue weighted by molar-refractivity contribution is -0.123. The van der Waals surface area contributed by atoms with Gasteiger partial charge in [-0.05, 0) is 71.8 Å². The average Bonchev–Trinajstić information content (AvgIpc) is 2.68. The van der Waals surface area contributed by atoms with E-state index in [1.807, 2.05) is 6.92 Å². The fraction of sp³-hybridized carbons (Fsp3) is 0.739. The van der Waals surface area contributed by atoms with E-state index in [0.29, 0.717) is 5.92 Å². The Kier molecular flexibility index (Phi) is 9.21. The number of carbonyl (C=O) groups excluding carboxylic acids is 2. The van der Waals surface area contributed by atoms with Crippen LogP contribution in [0.5, 0.6) is 0 Å². The molecule has 2 amide bonds. The maximum atomic E-state index is 12.3. The molecule has 6 nitrogen and oxygen atoms in total. The van der Waals surface area contributed by atoms with Crippen molar-refractivity contribution in [2.24, 2.45) is 5.92 Å². The van der Waals surface area contributed by atoms with Gasteiger partial charge in [0.25, 0.3) is 0 Å². The lowest BCUT2D eigenvalue weighted by Gasteiger charge is -2.39. The summed E-state index contributed by atoms with van der Waals surface area (Å²) in [4.78, 5) is 26.2. The van der Waals surface area contributed by atoms with Crippen molar-refractivity contribution in [3.63, 3.8) is 0 Å². The minimum Gasteiger partial charge on any atom is -0.442 e. The third-order valence-electron chi connectivity index (χ3n) is 5.72. The molecule has 2 fully saturated rings. The van der Waals surface area contributed by atoms with Crippen molar-refractivity contribution >= 4 is 12.0 Å². The topological polar surface area (TPSA) is 67.9 Å². The molecule has 2 saturated heterocycles. The molecule has 2 aliphatic heterocycles. The van der Waals surface area contributed by atoms with Gasteiger partial charge in [0, 0.05) is 19.2 Å². The minimum atomic E-state index is -0.442. The van der Waals surface area contributed by atoms with Crippen LogP contribution in [0.1, 0.15) is 66.7 Å². The molecule has 29 heavy (non-hydrogen) atoms. The monoisotopic (exact) mass is 406 g/mol. The zero-order valence-corrected chi connectivity index (χ0v) is 18.6. The van der Waals surface area contributed by atoms with Gasteiger partial charge in [0.15, 0.2) is 0 Å². The summed E-state index contributed by atoms with van der Waals surface area (Å²) in [7, 11) is 0. The van der Waals surface area contributed by atoms with Crippen molar-refractivity contribution in [1.82, 2.24) is 10.2 Å². The minimum absolute atomic E-state index is 0.0173. The van der Waals surface area contributed by atoms with Crippen molar-refractivity contribution in [1.29, 1.82) is 0 Å². The molecule has 2 aliphatic rings. The first kappa shape index (κ1) is 23.5. The highest BCUT2D eigenvalue weighted by Crippen LogP contribution is 2.27. The Labute approximate surface area is 175 Å². The van der Waals surface area contributed by atoms with Gasteiger partial charge in [-0.1, -0.05) is 18.6 Å². The first-order valence-corrected chi connectivity index (χ1v) is 11.0. The van der Waals surface area contributed by atoms with Gasteiger partial charge in [0.1, 0.15) is 6.10 Å². The number of hydrogen-bond acceptors (Lipinski definition) is 4. The third kappa shape index (κ3) is 7.84. The highest BCUT2D eigenvalue weighted by molar-refractivity contribution is 5.87. The zero-order chi connectivity index (χ0) is 21.4. The first-order chi connectivity index (χ1) is 13.8. The van der Waals surface area contributed by atoms with Gasteiger partial charge < -0.3 is 19.7 Å². The summed E-state index contributed by atoms with van der Waals surface area (Å²) in [5.41, 5.74) is 1.30. The van der Waals surface area contributed by atoms with Crippen molar-refractivity contribution in [3.8, 4) is 0 Å². The van der Waals surface area contributed by atoms with E-state index >= 15 is 0 Å². The maximum absolute atomic E-state index is 12.3. The van der Waals surface area contributed by atoms with Crippen LogP contribution in [0.3, 0.4) is 0 Å². The molecule has 0 bridgehead atoms. The molecule has 0 aromatic rings. The Hall–Kier alpha value is -1.82. The Balaban J connectivity index is 1.77. The van der Waals surface area contributed by atoms with Gasteiger partial charge in [-0.15, -0.1) is 0 Å². The molecule has 5 atom stereocenters. The molecule has 0 aromatic heterocycles. The lowest BCUT2D eigenvalue weighted by atomic mass is 9.88. The van der Waals surface area contributed by atoms with Gasteiger partial charge in [-0.2, -0.15) is 0 Å². The molecule has 6 heteroatoms. The molecule has 0 aromatic carbocycles. The fourth-order valence-electron chi connectivity index (χ4n) is 3.87. The largest absolute Gasteiger partial charge is 0.442 e. The van der Waals surface area contributed by atoms with Crippen LogP contribution in [-0.2, 0) is 14.3 Å². The summed E-state index contributed by atoms with van der Waals surface area (Å²) in [6, 6.07) is -0.0173. The van der Waals surface area contributed by atoms with Crippen LogP contribution in [0, 0.1) is 5.92 Å². The SMILES string of the molecule is CC(C)=CC[C@@H]1O[C@H](C)[C@H](NC(=O)/C=C\[C@H](C)OC(=O)N2CCCCC2)C[C@@H]1C. The number of rotatable bonds is 6. The maximum Gasteiger partial charge on any atom is 0.410 e. The van der Waals surface area contributed by atoms with E-state index in [1.165, 1.54) is 11.6 Å². The molecule has 0 spiro atoms. The fourth-order valence-corrected chi connectivity index (χ4v) is 3.87. The highest BCUT2D eigenvalue weighted by atomic mass is 16.6. The van der Waals surface area contributed by atoms with Crippen molar-refractivity contribution in [2.45, 2.75) is 91.1 Å². The van der Waals surface area contributed by atoms with Crippen LogP contribution in [0.4, 0.5) is 4.79 Å². The third-order valence-corrected chi connectivity index (χ3v) is 5.72. The van der Waals surface area contributed by atoms with E-state index in [9.17, 15) is 9.59 Å². The lowest BCUT2D eigenvalue weighted by Crippen LogP contribution is -2.50. The molecule has 1 N–H and O–H groups in total. The summed E-state index contributed by atoms with van der Waals surface area (Å²) < 4.78 is 11.6. The van der Waals surface area contributed by atoms with Crippen LogP contribution >= 0.6 is 0 Å². The molecule has 0 aliphatic carbocycles. The van der Waals surface area contributed by atoms with Crippen LogP contribution in [0.15, 0.2) is 23.8 Å². The second-order valence-corrected chi connectivity index (χ2v) is 8.72. The molecule has 0 radical (unpaired) electrons. The summed E-state index contributed by atoms with van der Waals surface area (Å²) in [5, 5.41) is 3.04. The average molecular weight is 407 g/mol. The molecule has 164 valence electrons. The Morgan fingerprint density at radius 1 is 1.21 bits per heavy atom. The molecule has 0 unspecified atom stereocenters. The van der Waals surface area contributed by atoms with Crippen molar-refractivity contribution in [2.75, 3.05) is 13.1 Å². The second kappa shape index (κ2) is 11.4. The van der Waals surface area contributed by atoms with E-state index in [2.05, 4.69) is 32.2 Å². The number of nitrogens with one attached hydrogen (secondary N) is 1. The van der Waals surface area contributed by atoms with Crippen LogP contribution in [-0.4, -0.2) is 54.3 Å². The molecule has 2 rings (SSSR count). The van der Waals surface area contributed by atoms with Crippen molar-refractivity contribution < 1.29 is 19.1 Å². The number of likely N-dealkylation sites (tertiary alicyclic amines) is 1. The number of hydrogen-bond donors (Lipinski definition) is 1. The number of ether oxygens (including phenoxy) is 2. The molecule has 0 saturated carbocycles.